The number of benzene rings is 2. The molecule has 2 heterocycles. The van der Waals surface area contributed by atoms with Gasteiger partial charge >= 0.3 is 0 Å². The third kappa shape index (κ3) is 5.08. The Labute approximate surface area is 167 Å². The lowest BCUT2D eigenvalue weighted by atomic mass is 10.1. The lowest BCUT2D eigenvalue weighted by molar-refractivity contribution is 0.202. The number of nitrogens with zero attached hydrogens (tertiary/aromatic N) is 2. The van der Waals surface area contributed by atoms with E-state index in [0.29, 0.717) is 12.0 Å². The predicted octanol–water partition coefficient (Wildman–Crippen LogP) is 5.27. The van der Waals surface area contributed by atoms with Gasteiger partial charge in [-0.05, 0) is 54.6 Å². The number of rotatable bonds is 7. The van der Waals surface area contributed by atoms with E-state index in [2.05, 4.69) is 57.8 Å². The van der Waals surface area contributed by atoms with Gasteiger partial charge in [-0.25, -0.2) is 0 Å². The van der Waals surface area contributed by atoms with Crippen LogP contribution in [0.3, 0.4) is 0 Å². The molecule has 0 N–H and O–H groups in total. The van der Waals surface area contributed by atoms with Crippen LogP contribution in [0.15, 0.2) is 66.2 Å². The van der Waals surface area contributed by atoms with Gasteiger partial charge < -0.3 is 14.5 Å². The molecule has 27 heavy (non-hydrogen) atoms. The highest BCUT2D eigenvalue weighted by molar-refractivity contribution is 8.02. The summed E-state index contributed by atoms with van der Waals surface area (Å²) in [5, 5.41) is 2.61. The molecule has 0 saturated carbocycles. The molecule has 2 aliphatic heterocycles. The summed E-state index contributed by atoms with van der Waals surface area (Å²) in [5.41, 5.74) is 2.54. The smallest absolute Gasteiger partial charge is 0.119 e. The Morgan fingerprint density at radius 1 is 0.889 bits per heavy atom. The molecule has 2 aliphatic rings. The number of ether oxygens (including phenoxy) is 1. The Balaban J connectivity index is 1.30. The lowest BCUT2D eigenvalue weighted by Gasteiger charge is -2.31. The van der Waals surface area contributed by atoms with Crippen LogP contribution in [0.2, 0.25) is 0 Å². The molecule has 0 bridgehead atoms. The molecule has 1 unspecified atom stereocenters. The largest absolute Gasteiger partial charge is 0.489 e. The maximum atomic E-state index is 5.92. The molecule has 4 rings (SSSR count). The number of likely N-dealkylation sites (tertiary alicyclic amines) is 1. The first-order chi connectivity index (χ1) is 13.4. The second kappa shape index (κ2) is 9.34. The van der Waals surface area contributed by atoms with Crippen LogP contribution in [0.4, 0.5) is 0 Å². The summed E-state index contributed by atoms with van der Waals surface area (Å²) >= 11 is 1.89. The fourth-order valence-corrected chi connectivity index (χ4v) is 4.74. The van der Waals surface area contributed by atoms with E-state index in [1.807, 2.05) is 30.0 Å². The van der Waals surface area contributed by atoms with Crippen molar-refractivity contribution >= 4 is 11.8 Å². The Hall–Kier alpha value is -1.91. The van der Waals surface area contributed by atoms with Crippen LogP contribution in [-0.4, -0.2) is 36.0 Å². The van der Waals surface area contributed by atoms with E-state index in [9.17, 15) is 0 Å². The Bertz CT molecular complexity index is 726. The van der Waals surface area contributed by atoms with E-state index < -0.39 is 0 Å². The van der Waals surface area contributed by atoms with Gasteiger partial charge in [-0.3, -0.25) is 0 Å². The number of hydrogen-bond donors (Lipinski definition) is 0. The summed E-state index contributed by atoms with van der Waals surface area (Å²) in [6.45, 7) is 5.41. The van der Waals surface area contributed by atoms with Gasteiger partial charge in [-0.1, -0.05) is 48.9 Å². The van der Waals surface area contributed by atoms with Gasteiger partial charge in [0.15, 0.2) is 0 Å². The van der Waals surface area contributed by atoms with Gasteiger partial charge in [-0.15, -0.1) is 11.8 Å². The molecular formula is C23H28N2OS. The topological polar surface area (TPSA) is 15.7 Å². The van der Waals surface area contributed by atoms with Crippen LogP contribution >= 0.6 is 11.8 Å². The van der Waals surface area contributed by atoms with Crippen LogP contribution < -0.4 is 4.74 Å². The Morgan fingerprint density at radius 3 is 2.44 bits per heavy atom. The maximum Gasteiger partial charge on any atom is 0.119 e. The highest BCUT2D eigenvalue weighted by atomic mass is 32.2. The summed E-state index contributed by atoms with van der Waals surface area (Å²) < 4.78 is 5.92. The van der Waals surface area contributed by atoms with Gasteiger partial charge in [0, 0.05) is 19.3 Å². The van der Waals surface area contributed by atoms with Crippen LogP contribution in [0.5, 0.6) is 5.75 Å². The molecule has 1 saturated heterocycles. The predicted molar refractivity (Wildman–Crippen MR) is 114 cm³/mol. The zero-order valence-corrected chi connectivity index (χ0v) is 16.6. The average Bonchev–Trinajstić information content (AvgIpc) is 3.21. The molecule has 3 nitrogen and oxygen atoms in total. The molecule has 0 amide bonds. The van der Waals surface area contributed by atoms with Gasteiger partial charge in [0.25, 0.3) is 0 Å². The Morgan fingerprint density at radius 2 is 1.67 bits per heavy atom. The summed E-state index contributed by atoms with van der Waals surface area (Å²) in [6.07, 6.45) is 6.37. The summed E-state index contributed by atoms with van der Waals surface area (Å²) in [7, 11) is 0. The van der Waals surface area contributed by atoms with E-state index in [1.54, 1.807) is 0 Å². The summed E-state index contributed by atoms with van der Waals surface area (Å²) in [5.74, 6) is 0.929. The van der Waals surface area contributed by atoms with E-state index >= 15 is 0 Å². The molecule has 2 aromatic carbocycles. The average molecular weight is 381 g/mol. The zero-order chi connectivity index (χ0) is 18.3. The van der Waals surface area contributed by atoms with Crippen LogP contribution in [0, 0.1) is 0 Å². The van der Waals surface area contributed by atoms with Crippen molar-refractivity contribution in [3.05, 3.63) is 77.3 Å². The zero-order valence-electron chi connectivity index (χ0n) is 15.8. The SMILES string of the molecule is C1=CN(CCN2CCCCC2)C(c2ccc(OCc3ccccc3)cc2)S1. The normalized spacial score (nSPS) is 20.1. The highest BCUT2D eigenvalue weighted by Crippen LogP contribution is 2.39. The minimum absolute atomic E-state index is 0.387. The molecule has 0 spiro atoms. The number of hydrogen-bond acceptors (Lipinski definition) is 4. The minimum Gasteiger partial charge on any atom is -0.489 e. The molecule has 0 aromatic heterocycles. The molecule has 1 fully saturated rings. The first kappa shape index (κ1) is 18.5. The van der Waals surface area contributed by atoms with Crippen molar-refractivity contribution in [2.24, 2.45) is 0 Å². The van der Waals surface area contributed by atoms with Gasteiger partial charge in [0.1, 0.15) is 17.7 Å². The van der Waals surface area contributed by atoms with Gasteiger partial charge in [-0.2, -0.15) is 0 Å². The molecule has 0 radical (unpaired) electrons. The quantitative estimate of drug-likeness (QED) is 0.650. The first-order valence-corrected chi connectivity index (χ1v) is 10.9. The molecule has 0 aliphatic carbocycles. The van der Waals surface area contributed by atoms with E-state index in [-0.39, 0.29) is 0 Å². The van der Waals surface area contributed by atoms with Crippen LogP contribution in [0.1, 0.15) is 35.8 Å². The van der Waals surface area contributed by atoms with Crippen molar-refractivity contribution in [2.75, 3.05) is 26.2 Å². The second-order valence-electron chi connectivity index (χ2n) is 7.26. The third-order valence-electron chi connectivity index (χ3n) is 5.30. The molecule has 1 atom stereocenters. The van der Waals surface area contributed by atoms with E-state index in [1.165, 1.54) is 50.0 Å². The first-order valence-electron chi connectivity index (χ1n) is 9.95. The van der Waals surface area contributed by atoms with Gasteiger partial charge in [0.2, 0.25) is 0 Å². The Kier molecular flexibility index (Phi) is 6.38. The second-order valence-corrected chi connectivity index (χ2v) is 8.25. The highest BCUT2D eigenvalue weighted by Gasteiger charge is 2.22. The fourth-order valence-electron chi connectivity index (χ4n) is 3.72. The van der Waals surface area contributed by atoms with E-state index in [4.69, 9.17) is 4.74 Å². The fraction of sp³-hybridized carbons (Fsp3) is 0.391. The summed E-state index contributed by atoms with van der Waals surface area (Å²) in [6, 6.07) is 18.9. The third-order valence-corrected chi connectivity index (χ3v) is 6.38. The van der Waals surface area contributed by atoms with Crippen molar-refractivity contribution in [2.45, 2.75) is 31.2 Å². The van der Waals surface area contributed by atoms with Crippen LogP contribution in [0.25, 0.3) is 0 Å². The summed E-state index contributed by atoms with van der Waals surface area (Å²) in [4.78, 5) is 5.08. The van der Waals surface area contributed by atoms with Crippen molar-refractivity contribution < 1.29 is 4.74 Å². The number of thioether (sulfide) groups is 1. The molecule has 4 heteroatoms. The van der Waals surface area contributed by atoms with Crippen molar-refractivity contribution in [1.29, 1.82) is 0 Å². The standard InChI is InChI=1S/C23H28N2OS/c1-3-7-20(8-4-1)19-26-22-11-9-21(10-12-22)23-25(17-18-27-23)16-15-24-13-5-2-6-14-24/h1,3-4,7-12,17-18,23H,2,5-6,13-16,19H2. The van der Waals surface area contributed by atoms with E-state index in [0.717, 1.165) is 12.3 Å². The molecular weight excluding hydrogens is 352 g/mol. The van der Waals surface area contributed by atoms with Crippen LogP contribution in [-0.2, 0) is 6.61 Å². The number of piperidine rings is 1. The monoisotopic (exact) mass is 380 g/mol. The van der Waals surface area contributed by atoms with Crippen molar-refractivity contribution in [1.82, 2.24) is 9.80 Å². The van der Waals surface area contributed by atoms with Gasteiger partial charge in [0.05, 0.1) is 0 Å². The van der Waals surface area contributed by atoms with Crippen molar-refractivity contribution in [3.8, 4) is 5.75 Å². The minimum atomic E-state index is 0.387. The lowest BCUT2D eigenvalue weighted by Crippen LogP contribution is -2.36. The van der Waals surface area contributed by atoms with Crippen molar-refractivity contribution in [3.63, 3.8) is 0 Å². The molecule has 142 valence electrons. The maximum absolute atomic E-state index is 5.92. The molecule has 2 aromatic rings.